The summed E-state index contributed by atoms with van der Waals surface area (Å²) in [5.74, 6) is -0.442. The molecule has 1 aromatic carbocycles. The molecule has 0 aliphatic carbocycles. The molecule has 0 heterocycles. The minimum absolute atomic E-state index is 0.116. The normalized spacial score (nSPS) is 12.2. The summed E-state index contributed by atoms with van der Waals surface area (Å²) >= 11 is 5.62. The Balaban J connectivity index is 2.60. The second kappa shape index (κ2) is 8.38. The smallest absolute Gasteiger partial charge is 0.330 e. The van der Waals surface area contributed by atoms with Crippen LogP contribution in [0.4, 0.5) is 5.69 Å². The Hall–Kier alpha value is -1.81. The highest BCUT2D eigenvalue weighted by molar-refractivity contribution is 6.19. The van der Waals surface area contributed by atoms with E-state index < -0.39 is 0 Å². The zero-order chi connectivity index (χ0) is 15.0. The third-order valence-electron chi connectivity index (χ3n) is 2.56. The molecule has 1 N–H and O–H groups in total. The predicted octanol–water partition coefficient (Wildman–Crippen LogP) is 3.08. The number of benzene rings is 1. The summed E-state index contributed by atoms with van der Waals surface area (Å²) in [6, 6.07) is 7.14. The summed E-state index contributed by atoms with van der Waals surface area (Å²) < 4.78 is 4.78. The standard InChI is InChI=1S/C15H18ClNO3/c1-3-20-14(18)9-6-12-4-7-13(8-5-12)17-15(19)11(2)10-16/h4-9,11H,3,10H2,1-2H3,(H,17,19). The van der Waals surface area contributed by atoms with Crippen LogP contribution in [0.3, 0.4) is 0 Å². The van der Waals surface area contributed by atoms with Gasteiger partial charge in [0.05, 0.1) is 6.61 Å². The molecular weight excluding hydrogens is 278 g/mol. The number of rotatable bonds is 6. The van der Waals surface area contributed by atoms with Crippen LogP contribution in [0, 0.1) is 5.92 Å². The average molecular weight is 296 g/mol. The lowest BCUT2D eigenvalue weighted by Crippen LogP contribution is -2.21. The van der Waals surface area contributed by atoms with Gasteiger partial charge in [-0.2, -0.15) is 0 Å². The van der Waals surface area contributed by atoms with E-state index in [0.717, 1.165) is 5.56 Å². The quantitative estimate of drug-likeness (QED) is 0.498. The molecule has 20 heavy (non-hydrogen) atoms. The van der Waals surface area contributed by atoms with Gasteiger partial charge in [0.15, 0.2) is 0 Å². The van der Waals surface area contributed by atoms with Gasteiger partial charge in [0, 0.05) is 23.6 Å². The van der Waals surface area contributed by atoms with E-state index in [4.69, 9.17) is 16.3 Å². The zero-order valence-corrected chi connectivity index (χ0v) is 12.3. The van der Waals surface area contributed by atoms with Crippen LogP contribution in [0.1, 0.15) is 19.4 Å². The SMILES string of the molecule is CCOC(=O)C=Cc1ccc(NC(=O)C(C)CCl)cc1. The van der Waals surface area contributed by atoms with Crippen LogP contribution >= 0.6 is 11.6 Å². The van der Waals surface area contributed by atoms with Crippen molar-refractivity contribution < 1.29 is 14.3 Å². The van der Waals surface area contributed by atoms with Crippen molar-refractivity contribution in [3.63, 3.8) is 0 Å². The van der Waals surface area contributed by atoms with Gasteiger partial charge in [0.2, 0.25) is 5.91 Å². The topological polar surface area (TPSA) is 55.4 Å². The monoisotopic (exact) mass is 295 g/mol. The van der Waals surface area contributed by atoms with E-state index in [2.05, 4.69) is 5.32 Å². The molecule has 0 spiro atoms. The van der Waals surface area contributed by atoms with Gasteiger partial charge in [-0.25, -0.2) is 4.79 Å². The predicted molar refractivity (Wildman–Crippen MR) is 80.6 cm³/mol. The first kappa shape index (κ1) is 16.2. The first-order chi connectivity index (χ1) is 9.56. The van der Waals surface area contributed by atoms with Crippen molar-refractivity contribution in [1.29, 1.82) is 0 Å². The van der Waals surface area contributed by atoms with Gasteiger partial charge >= 0.3 is 5.97 Å². The van der Waals surface area contributed by atoms with Gasteiger partial charge in [0.25, 0.3) is 0 Å². The van der Waals surface area contributed by atoms with Crippen LogP contribution in [0.15, 0.2) is 30.3 Å². The lowest BCUT2D eigenvalue weighted by molar-refractivity contribution is -0.137. The highest BCUT2D eigenvalue weighted by atomic mass is 35.5. The number of hydrogen-bond acceptors (Lipinski definition) is 3. The summed E-state index contributed by atoms with van der Waals surface area (Å²) in [6.45, 7) is 3.87. The zero-order valence-electron chi connectivity index (χ0n) is 11.6. The fourth-order valence-electron chi connectivity index (χ4n) is 1.37. The fourth-order valence-corrected chi connectivity index (χ4v) is 1.51. The van der Waals surface area contributed by atoms with Gasteiger partial charge in [-0.05, 0) is 30.7 Å². The van der Waals surface area contributed by atoms with E-state index >= 15 is 0 Å². The molecule has 0 aliphatic rings. The number of carbonyl (C=O) groups excluding carboxylic acids is 2. The van der Waals surface area contributed by atoms with Crippen LogP contribution in [-0.4, -0.2) is 24.4 Å². The lowest BCUT2D eigenvalue weighted by atomic mass is 10.1. The largest absolute Gasteiger partial charge is 0.463 e. The first-order valence-corrected chi connectivity index (χ1v) is 6.92. The minimum Gasteiger partial charge on any atom is -0.463 e. The minimum atomic E-state index is -0.374. The molecule has 0 aromatic heterocycles. The van der Waals surface area contributed by atoms with Crippen molar-refractivity contribution in [2.45, 2.75) is 13.8 Å². The maximum absolute atomic E-state index is 11.6. The Kier molecular flexibility index (Phi) is 6.81. The van der Waals surface area contributed by atoms with Gasteiger partial charge in [0.1, 0.15) is 0 Å². The number of hydrogen-bond donors (Lipinski definition) is 1. The molecule has 0 bridgehead atoms. The Morgan fingerprint density at radius 1 is 1.35 bits per heavy atom. The second-order valence-corrected chi connectivity index (χ2v) is 4.56. The summed E-state index contributed by atoms with van der Waals surface area (Å²) in [6.07, 6.45) is 3.03. The number of esters is 1. The van der Waals surface area contributed by atoms with E-state index in [-0.39, 0.29) is 23.7 Å². The highest BCUT2D eigenvalue weighted by Gasteiger charge is 2.10. The van der Waals surface area contributed by atoms with Crippen molar-refractivity contribution in [1.82, 2.24) is 0 Å². The molecule has 4 nitrogen and oxygen atoms in total. The van der Waals surface area contributed by atoms with Gasteiger partial charge in [-0.1, -0.05) is 19.1 Å². The molecule has 1 unspecified atom stereocenters. The highest BCUT2D eigenvalue weighted by Crippen LogP contribution is 2.12. The van der Waals surface area contributed by atoms with Crippen LogP contribution in [0.25, 0.3) is 6.08 Å². The Bertz CT molecular complexity index is 482. The summed E-state index contributed by atoms with van der Waals surface area (Å²) in [5, 5.41) is 2.77. The molecule has 0 radical (unpaired) electrons. The number of anilines is 1. The Morgan fingerprint density at radius 3 is 2.55 bits per heavy atom. The third kappa shape index (κ3) is 5.45. The molecule has 0 aliphatic heterocycles. The van der Waals surface area contributed by atoms with Crippen molar-refractivity contribution in [3.05, 3.63) is 35.9 Å². The van der Waals surface area contributed by atoms with E-state index in [1.807, 2.05) is 0 Å². The van der Waals surface area contributed by atoms with Gasteiger partial charge < -0.3 is 10.1 Å². The number of alkyl halides is 1. The summed E-state index contributed by atoms with van der Waals surface area (Å²) in [4.78, 5) is 22.8. The maximum Gasteiger partial charge on any atom is 0.330 e. The van der Waals surface area contributed by atoms with Crippen molar-refractivity contribution in [2.24, 2.45) is 5.92 Å². The molecule has 108 valence electrons. The summed E-state index contributed by atoms with van der Waals surface area (Å²) in [5.41, 5.74) is 1.54. The Morgan fingerprint density at radius 2 is 2.00 bits per heavy atom. The van der Waals surface area contributed by atoms with E-state index in [9.17, 15) is 9.59 Å². The lowest BCUT2D eigenvalue weighted by Gasteiger charge is -2.09. The fraction of sp³-hybridized carbons (Fsp3) is 0.333. The van der Waals surface area contributed by atoms with E-state index in [1.54, 1.807) is 44.2 Å². The molecule has 0 fully saturated rings. The molecule has 1 amide bonds. The third-order valence-corrected chi connectivity index (χ3v) is 3.02. The van der Waals surface area contributed by atoms with Gasteiger partial charge in [-0.3, -0.25) is 4.79 Å². The van der Waals surface area contributed by atoms with Crippen LogP contribution in [0.5, 0.6) is 0 Å². The van der Waals surface area contributed by atoms with Crippen LogP contribution in [-0.2, 0) is 14.3 Å². The van der Waals surface area contributed by atoms with Crippen molar-refractivity contribution in [2.75, 3.05) is 17.8 Å². The number of nitrogens with one attached hydrogen (secondary N) is 1. The first-order valence-electron chi connectivity index (χ1n) is 6.38. The molecule has 1 rings (SSSR count). The van der Waals surface area contributed by atoms with E-state index in [1.165, 1.54) is 6.08 Å². The molecular formula is C15H18ClNO3. The number of halogens is 1. The number of ether oxygens (including phenoxy) is 1. The maximum atomic E-state index is 11.6. The van der Waals surface area contributed by atoms with Gasteiger partial charge in [-0.15, -0.1) is 11.6 Å². The molecule has 0 saturated carbocycles. The molecule has 0 saturated heterocycles. The summed E-state index contributed by atoms with van der Waals surface area (Å²) in [7, 11) is 0. The molecule has 1 atom stereocenters. The molecule has 1 aromatic rings. The van der Waals surface area contributed by atoms with E-state index in [0.29, 0.717) is 12.3 Å². The number of amides is 1. The Labute approximate surface area is 123 Å². The number of carbonyl (C=O) groups is 2. The van der Waals surface area contributed by atoms with Crippen molar-refractivity contribution >= 4 is 35.2 Å². The van der Waals surface area contributed by atoms with Crippen molar-refractivity contribution in [3.8, 4) is 0 Å². The molecule has 5 heteroatoms. The second-order valence-electron chi connectivity index (χ2n) is 4.25. The van der Waals surface area contributed by atoms with Crippen LogP contribution < -0.4 is 5.32 Å². The van der Waals surface area contributed by atoms with Crippen LogP contribution in [0.2, 0.25) is 0 Å². The average Bonchev–Trinajstić information content (AvgIpc) is 2.46.